The molecule has 3 rings (SSSR count). The van der Waals surface area contributed by atoms with E-state index in [0.717, 1.165) is 38.4 Å². The van der Waals surface area contributed by atoms with Gasteiger partial charge in [-0.1, -0.05) is 34.1 Å². The van der Waals surface area contributed by atoms with Crippen LogP contribution in [0, 0.1) is 20.8 Å². The molecule has 3 aromatic rings. The maximum absolute atomic E-state index is 12.5. The zero-order valence-corrected chi connectivity index (χ0v) is 19.6. The average Bonchev–Trinajstić information content (AvgIpc) is 3.02. The molecule has 0 aliphatic carbocycles. The molecule has 0 aliphatic rings. The van der Waals surface area contributed by atoms with E-state index in [9.17, 15) is 9.59 Å². The number of nitrogens with zero attached hydrogens (tertiary/aromatic N) is 3. The highest BCUT2D eigenvalue weighted by Gasteiger charge is 2.14. The van der Waals surface area contributed by atoms with Crippen molar-refractivity contribution in [3.05, 3.63) is 81.6 Å². The van der Waals surface area contributed by atoms with Crippen molar-refractivity contribution in [3.63, 3.8) is 0 Å². The van der Waals surface area contributed by atoms with Gasteiger partial charge in [0.05, 0.1) is 17.9 Å². The lowest BCUT2D eigenvalue weighted by atomic mass is 10.1. The van der Waals surface area contributed by atoms with Crippen LogP contribution in [0.1, 0.15) is 22.5 Å². The Morgan fingerprint density at radius 1 is 1.13 bits per heavy atom. The van der Waals surface area contributed by atoms with Crippen molar-refractivity contribution >= 4 is 39.5 Å². The Labute approximate surface area is 190 Å². The summed E-state index contributed by atoms with van der Waals surface area (Å²) in [5.41, 5.74) is 5.30. The first-order valence-corrected chi connectivity index (χ1v) is 10.7. The van der Waals surface area contributed by atoms with Crippen molar-refractivity contribution in [2.45, 2.75) is 20.8 Å². The highest BCUT2D eigenvalue weighted by atomic mass is 79.9. The van der Waals surface area contributed by atoms with Crippen LogP contribution in [0.5, 0.6) is 0 Å². The molecule has 1 heterocycles. The molecule has 1 N–H and O–H groups in total. The Hall–Kier alpha value is -3.19. The number of nitrogens with one attached hydrogen (secondary N) is 1. The summed E-state index contributed by atoms with van der Waals surface area (Å²) in [6.07, 6.45) is 3.23. The second kappa shape index (κ2) is 9.75. The smallest absolute Gasteiger partial charge is 0.246 e. The maximum Gasteiger partial charge on any atom is 0.246 e. The zero-order valence-electron chi connectivity index (χ0n) is 18.0. The Bertz CT molecular complexity index is 1140. The molecule has 0 saturated carbocycles. The van der Waals surface area contributed by atoms with E-state index in [-0.39, 0.29) is 18.4 Å². The summed E-state index contributed by atoms with van der Waals surface area (Å²) in [5, 5.41) is 7.43. The van der Waals surface area contributed by atoms with Crippen LogP contribution in [0.3, 0.4) is 0 Å². The number of carbonyl (C=O) groups is 2. The normalized spacial score (nSPS) is 11.0. The summed E-state index contributed by atoms with van der Waals surface area (Å²) in [6, 6.07) is 15.5. The summed E-state index contributed by atoms with van der Waals surface area (Å²) in [4.78, 5) is 26.3. The minimum Gasteiger partial charge on any atom is -0.333 e. The predicted molar refractivity (Wildman–Crippen MR) is 127 cm³/mol. The fourth-order valence-electron chi connectivity index (χ4n) is 3.25. The quantitative estimate of drug-likeness (QED) is 0.521. The van der Waals surface area contributed by atoms with Crippen LogP contribution in [0.25, 0.3) is 11.8 Å². The van der Waals surface area contributed by atoms with Gasteiger partial charge < -0.3 is 10.2 Å². The number of para-hydroxylation sites is 1. The highest BCUT2D eigenvalue weighted by Crippen LogP contribution is 2.20. The van der Waals surface area contributed by atoms with Gasteiger partial charge in [0.2, 0.25) is 11.8 Å². The third-order valence-corrected chi connectivity index (χ3v) is 5.45. The molecule has 0 radical (unpaired) electrons. The van der Waals surface area contributed by atoms with E-state index < -0.39 is 0 Å². The number of aryl methyl sites for hydroxylation is 2. The Balaban J connectivity index is 1.65. The van der Waals surface area contributed by atoms with Gasteiger partial charge in [0.1, 0.15) is 0 Å². The summed E-state index contributed by atoms with van der Waals surface area (Å²) < 4.78 is 2.80. The SMILES string of the molecule is Cc1cc(Br)ccc1NC(=O)CN(C)C(=O)/C=C/c1c(C)nn(-c2ccccc2)c1C. The topological polar surface area (TPSA) is 67.2 Å². The number of likely N-dealkylation sites (N-methyl/N-ethyl adjacent to an activating group) is 1. The number of amides is 2. The first kappa shape index (κ1) is 22.5. The van der Waals surface area contributed by atoms with Gasteiger partial charge in [0.25, 0.3) is 0 Å². The third-order valence-electron chi connectivity index (χ3n) is 4.96. The first-order valence-electron chi connectivity index (χ1n) is 9.87. The molecule has 7 heteroatoms. The van der Waals surface area contributed by atoms with Crippen LogP contribution in [0.4, 0.5) is 5.69 Å². The number of hydrogen-bond acceptors (Lipinski definition) is 3. The lowest BCUT2D eigenvalue weighted by molar-refractivity contribution is -0.129. The molecular formula is C24H25BrN4O2. The minimum atomic E-state index is -0.256. The summed E-state index contributed by atoms with van der Waals surface area (Å²) in [6.45, 7) is 5.75. The summed E-state index contributed by atoms with van der Waals surface area (Å²) in [7, 11) is 1.60. The average molecular weight is 481 g/mol. The van der Waals surface area contributed by atoms with E-state index in [1.54, 1.807) is 13.1 Å². The molecular weight excluding hydrogens is 456 g/mol. The third kappa shape index (κ3) is 5.49. The largest absolute Gasteiger partial charge is 0.333 e. The molecule has 2 amide bonds. The van der Waals surface area contributed by atoms with E-state index in [2.05, 4.69) is 26.3 Å². The molecule has 1 aromatic heterocycles. The van der Waals surface area contributed by atoms with Crippen LogP contribution in [-0.4, -0.2) is 40.1 Å². The Kier molecular flexibility index (Phi) is 7.07. The van der Waals surface area contributed by atoms with Gasteiger partial charge in [-0.15, -0.1) is 0 Å². The van der Waals surface area contributed by atoms with E-state index in [1.807, 2.05) is 74.0 Å². The molecule has 0 atom stereocenters. The Morgan fingerprint density at radius 3 is 2.52 bits per heavy atom. The van der Waals surface area contributed by atoms with Gasteiger partial charge in [-0.3, -0.25) is 9.59 Å². The second-order valence-electron chi connectivity index (χ2n) is 7.37. The van der Waals surface area contributed by atoms with E-state index in [4.69, 9.17) is 0 Å². The summed E-state index contributed by atoms with van der Waals surface area (Å²) >= 11 is 3.40. The lowest BCUT2D eigenvalue weighted by Crippen LogP contribution is -2.34. The predicted octanol–water partition coefficient (Wildman–Crippen LogP) is 4.67. The maximum atomic E-state index is 12.5. The van der Waals surface area contributed by atoms with Crippen molar-refractivity contribution in [1.29, 1.82) is 0 Å². The van der Waals surface area contributed by atoms with Crippen molar-refractivity contribution < 1.29 is 9.59 Å². The fourth-order valence-corrected chi connectivity index (χ4v) is 3.72. The number of carbonyl (C=O) groups excluding carboxylic acids is 2. The molecule has 0 spiro atoms. The van der Waals surface area contributed by atoms with Crippen LogP contribution in [-0.2, 0) is 9.59 Å². The van der Waals surface area contributed by atoms with Crippen LogP contribution in [0.2, 0.25) is 0 Å². The summed E-state index contributed by atoms with van der Waals surface area (Å²) in [5.74, 6) is -0.507. The highest BCUT2D eigenvalue weighted by molar-refractivity contribution is 9.10. The van der Waals surface area contributed by atoms with Gasteiger partial charge in [0.15, 0.2) is 0 Å². The fraction of sp³-hybridized carbons (Fsp3) is 0.208. The number of hydrogen-bond donors (Lipinski definition) is 1. The number of aromatic nitrogens is 2. The molecule has 0 bridgehead atoms. The van der Waals surface area contributed by atoms with E-state index in [0.29, 0.717) is 0 Å². The number of anilines is 1. The van der Waals surface area contributed by atoms with E-state index >= 15 is 0 Å². The van der Waals surface area contributed by atoms with Crippen molar-refractivity contribution in [2.24, 2.45) is 0 Å². The molecule has 0 saturated heterocycles. The molecule has 31 heavy (non-hydrogen) atoms. The minimum absolute atomic E-state index is 0.0417. The van der Waals surface area contributed by atoms with Gasteiger partial charge in [-0.2, -0.15) is 5.10 Å². The van der Waals surface area contributed by atoms with E-state index in [1.165, 1.54) is 11.0 Å². The molecule has 6 nitrogen and oxygen atoms in total. The van der Waals surface area contributed by atoms with Crippen molar-refractivity contribution in [1.82, 2.24) is 14.7 Å². The lowest BCUT2D eigenvalue weighted by Gasteiger charge is -2.15. The molecule has 0 fully saturated rings. The van der Waals surface area contributed by atoms with Gasteiger partial charge in [-0.25, -0.2) is 4.68 Å². The number of halogens is 1. The van der Waals surface area contributed by atoms with Crippen LogP contribution >= 0.6 is 15.9 Å². The van der Waals surface area contributed by atoms with Gasteiger partial charge in [0, 0.05) is 34.5 Å². The van der Waals surface area contributed by atoms with Gasteiger partial charge in [-0.05, 0) is 62.7 Å². The molecule has 2 aromatic carbocycles. The van der Waals surface area contributed by atoms with Gasteiger partial charge >= 0.3 is 0 Å². The zero-order chi connectivity index (χ0) is 22.5. The first-order chi connectivity index (χ1) is 14.8. The number of rotatable bonds is 6. The Morgan fingerprint density at radius 2 is 1.84 bits per heavy atom. The molecule has 160 valence electrons. The van der Waals surface area contributed by atoms with Crippen molar-refractivity contribution in [2.75, 3.05) is 18.9 Å². The molecule has 0 unspecified atom stereocenters. The standard InChI is InChI=1S/C24H25BrN4O2/c1-16-14-19(25)10-12-22(16)26-23(30)15-28(4)24(31)13-11-21-17(2)27-29(18(21)3)20-8-6-5-7-9-20/h5-14H,15H2,1-4H3,(H,26,30)/b13-11+. The molecule has 0 aliphatic heterocycles. The van der Waals surface area contributed by atoms with Crippen molar-refractivity contribution in [3.8, 4) is 5.69 Å². The monoisotopic (exact) mass is 480 g/mol. The second-order valence-corrected chi connectivity index (χ2v) is 8.28. The van der Waals surface area contributed by atoms with Crippen LogP contribution < -0.4 is 5.32 Å². The number of benzene rings is 2. The van der Waals surface area contributed by atoms with Crippen LogP contribution in [0.15, 0.2) is 59.1 Å².